The Balaban J connectivity index is 0.00000208. The summed E-state index contributed by atoms with van der Waals surface area (Å²) in [4.78, 5) is 4.29. The van der Waals surface area contributed by atoms with Crippen molar-refractivity contribution in [2.24, 2.45) is 4.99 Å². The Morgan fingerprint density at radius 3 is 2.88 bits per heavy atom. The van der Waals surface area contributed by atoms with Crippen molar-refractivity contribution < 1.29 is 0 Å². The minimum atomic E-state index is 0. The van der Waals surface area contributed by atoms with Crippen molar-refractivity contribution in [2.75, 3.05) is 19.3 Å². The fraction of sp³-hybridized carbons (Fsp3) is 0.412. The number of benzene rings is 1. The number of aliphatic imine (C=N–C) groups is 1. The van der Waals surface area contributed by atoms with Gasteiger partial charge in [0.15, 0.2) is 5.96 Å². The van der Waals surface area contributed by atoms with E-state index in [0.717, 1.165) is 29.0 Å². The van der Waals surface area contributed by atoms with Gasteiger partial charge in [-0.25, -0.2) is 4.68 Å². The summed E-state index contributed by atoms with van der Waals surface area (Å²) in [6, 6.07) is 10.1. The summed E-state index contributed by atoms with van der Waals surface area (Å²) < 4.78 is 1.89. The summed E-state index contributed by atoms with van der Waals surface area (Å²) in [5, 5.41) is 11.9. The minimum Gasteiger partial charge on any atom is -0.355 e. The van der Waals surface area contributed by atoms with Crippen molar-refractivity contribution in [3.05, 3.63) is 48.3 Å². The first kappa shape index (κ1) is 19.1. The number of nitrogens with zero attached hydrogens (tertiary/aromatic N) is 3. The molecule has 1 saturated heterocycles. The van der Waals surface area contributed by atoms with E-state index in [1.54, 1.807) is 0 Å². The Morgan fingerprint density at radius 1 is 1.33 bits per heavy atom. The van der Waals surface area contributed by atoms with Gasteiger partial charge in [0.2, 0.25) is 0 Å². The van der Waals surface area contributed by atoms with Crippen LogP contribution in [0.25, 0.3) is 5.69 Å². The zero-order chi connectivity index (χ0) is 15.9. The highest BCUT2D eigenvalue weighted by atomic mass is 127. The Kier molecular flexibility index (Phi) is 7.90. The van der Waals surface area contributed by atoms with Crippen LogP contribution in [0, 0.1) is 0 Å². The van der Waals surface area contributed by atoms with E-state index in [1.807, 2.05) is 54.5 Å². The Hall–Kier alpha value is -1.22. The van der Waals surface area contributed by atoms with Gasteiger partial charge in [-0.15, -0.1) is 24.0 Å². The predicted octanol–water partition coefficient (Wildman–Crippen LogP) is 3.05. The molecule has 2 heterocycles. The quantitative estimate of drug-likeness (QED) is 0.412. The molecule has 1 aliphatic rings. The van der Waals surface area contributed by atoms with E-state index in [4.69, 9.17) is 0 Å². The van der Waals surface area contributed by atoms with Crippen molar-refractivity contribution in [1.82, 2.24) is 20.4 Å². The first-order valence-electron chi connectivity index (χ1n) is 8.00. The van der Waals surface area contributed by atoms with E-state index in [9.17, 15) is 0 Å². The molecule has 24 heavy (non-hydrogen) atoms. The zero-order valence-electron chi connectivity index (χ0n) is 13.8. The number of aromatic nitrogens is 2. The average Bonchev–Trinajstić information content (AvgIpc) is 3.27. The Labute approximate surface area is 164 Å². The molecule has 2 aromatic rings. The third-order valence-electron chi connectivity index (χ3n) is 3.86. The first-order valence-corrected chi connectivity index (χ1v) is 9.05. The van der Waals surface area contributed by atoms with Gasteiger partial charge in [0.1, 0.15) is 0 Å². The second kappa shape index (κ2) is 9.93. The maximum absolute atomic E-state index is 4.41. The van der Waals surface area contributed by atoms with Gasteiger partial charge in [-0.1, -0.05) is 18.2 Å². The van der Waals surface area contributed by atoms with Gasteiger partial charge in [-0.05, 0) is 30.7 Å². The number of guanidine groups is 1. The highest BCUT2D eigenvalue weighted by Gasteiger charge is 2.15. The highest BCUT2D eigenvalue weighted by Crippen LogP contribution is 2.25. The number of hydrogen-bond donors (Lipinski definition) is 2. The summed E-state index contributed by atoms with van der Waals surface area (Å²) in [6.07, 6.45) is 6.57. The molecule has 0 bridgehead atoms. The Bertz CT molecular complexity index is 637. The third kappa shape index (κ3) is 5.41. The molecule has 3 rings (SSSR count). The zero-order valence-corrected chi connectivity index (χ0v) is 17.0. The van der Waals surface area contributed by atoms with Crippen LogP contribution < -0.4 is 10.6 Å². The molecule has 0 radical (unpaired) electrons. The first-order chi connectivity index (χ1) is 11.3. The lowest BCUT2D eigenvalue weighted by molar-refractivity contribution is 0.726. The summed E-state index contributed by atoms with van der Waals surface area (Å²) >= 11 is 2.05. The molecule has 0 amide bonds. The fourth-order valence-electron chi connectivity index (χ4n) is 2.60. The summed E-state index contributed by atoms with van der Waals surface area (Å²) in [5.41, 5.74) is 2.20. The van der Waals surface area contributed by atoms with E-state index in [2.05, 4.69) is 32.5 Å². The van der Waals surface area contributed by atoms with Crippen LogP contribution in [-0.4, -0.2) is 40.3 Å². The predicted molar refractivity (Wildman–Crippen MR) is 113 cm³/mol. The van der Waals surface area contributed by atoms with Crippen LogP contribution in [0.15, 0.2) is 47.7 Å². The van der Waals surface area contributed by atoms with Crippen LogP contribution in [0.1, 0.15) is 18.4 Å². The number of halogens is 1. The molecule has 7 heteroatoms. The number of thioether (sulfide) groups is 1. The van der Waals surface area contributed by atoms with E-state index in [-0.39, 0.29) is 24.0 Å². The van der Waals surface area contributed by atoms with E-state index < -0.39 is 0 Å². The van der Waals surface area contributed by atoms with Gasteiger partial charge in [-0.2, -0.15) is 16.9 Å². The van der Waals surface area contributed by atoms with Crippen molar-refractivity contribution in [3.63, 3.8) is 0 Å². The van der Waals surface area contributed by atoms with Crippen LogP contribution in [0.5, 0.6) is 0 Å². The van der Waals surface area contributed by atoms with Crippen LogP contribution >= 0.6 is 35.7 Å². The molecule has 0 spiro atoms. The topological polar surface area (TPSA) is 54.2 Å². The average molecular weight is 457 g/mol. The monoisotopic (exact) mass is 457 g/mol. The van der Waals surface area contributed by atoms with E-state index in [0.29, 0.717) is 6.54 Å². The number of para-hydroxylation sites is 1. The molecule has 0 aliphatic carbocycles. The largest absolute Gasteiger partial charge is 0.355 e. The van der Waals surface area contributed by atoms with Crippen molar-refractivity contribution in [1.29, 1.82) is 0 Å². The molecular formula is C17H24IN5S. The molecular weight excluding hydrogens is 433 g/mol. The smallest absolute Gasteiger partial charge is 0.191 e. The van der Waals surface area contributed by atoms with E-state index in [1.165, 1.54) is 18.6 Å². The van der Waals surface area contributed by atoms with Crippen molar-refractivity contribution in [3.8, 4) is 5.69 Å². The van der Waals surface area contributed by atoms with Crippen LogP contribution in [-0.2, 0) is 6.54 Å². The van der Waals surface area contributed by atoms with Crippen molar-refractivity contribution in [2.45, 2.75) is 24.6 Å². The molecule has 5 nitrogen and oxygen atoms in total. The number of hydrogen-bond acceptors (Lipinski definition) is 3. The van der Waals surface area contributed by atoms with Crippen LogP contribution in [0.2, 0.25) is 0 Å². The highest BCUT2D eigenvalue weighted by molar-refractivity contribution is 14.0. The van der Waals surface area contributed by atoms with Gasteiger partial charge in [-0.3, -0.25) is 4.99 Å². The molecule has 1 aliphatic heterocycles. The molecule has 1 atom stereocenters. The number of rotatable bonds is 5. The molecule has 1 fully saturated rings. The van der Waals surface area contributed by atoms with Gasteiger partial charge < -0.3 is 10.6 Å². The lowest BCUT2D eigenvalue weighted by atomic mass is 10.2. The Morgan fingerprint density at radius 2 is 2.17 bits per heavy atom. The second-order valence-electron chi connectivity index (χ2n) is 5.57. The molecule has 0 saturated carbocycles. The standard InChI is InChI=1S/C17H23N5S.HI/c1-18-17(20-12-16-8-5-9-23-16)19-10-14-11-21-22(13-14)15-6-3-2-4-7-15;/h2-4,6-7,11,13,16H,5,8-10,12H2,1H3,(H2,18,19,20);1H. The third-order valence-corrected chi connectivity index (χ3v) is 5.26. The minimum absolute atomic E-state index is 0. The van der Waals surface area contributed by atoms with Crippen LogP contribution in [0.4, 0.5) is 0 Å². The van der Waals surface area contributed by atoms with Gasteiger partial charge in [0.05, 0.1) is 11.9 Å². The maximum Gasteiger partial charge on any atom is 0.191 e. The number of nitrogens with one attached hydrogen (secondary N) is 2. The SMILES string of the molecule is CN=C(NCc1cnn(-c2ccccc2)c1)NCC1CCCS1.I. The lowest BCUT2D eigenvalue weighted by Crippen LogP contribution is -2.39. The second-order valence-corrected chi connectivity index (χ2v) is 6.98. The molecule has 2 N–H and O–H groups in total. The normalized spacial score (nSPS) is 17.4. The van der Waals surface area contributed by atoms with Crippen molar-refractivity contribution >= 4 is 41.7 Å². The van der Waals surface area contributed by atoms with Gasteiger partial charge in [0, 0.05) is 37.1 Å². The van der Waals surface area contributed by atoms with E-state index >= 15 is 0 Å². The fourth-order valence-corrected chi connectivity index (χ4v) is 3.80. The molecule has 1 unspecified atom stereocenters. The summed E-state index contributed by atoms with van der Waals surface area (Å²) in [5.74, 6) is 2.14. The lowest BCUT2D eigenvalue weighted by Gasteiger charge is -2.14. The van der Waals surface area contributed by atoms with Gasteiger partial charge in [0.25, 0.3) is 0 Å². The molecule has 1 aromatic heterocycles. The maximum atomic E-state index is 4.41. The molecule has 1 aromatic carbocycles. The summed E-state index contributed by atoms with van der Waals surface area (Å²) in [6.45, 7) is 1.69. The van der Waals surface area contributed by atoms with Crippen LogP contribution in [0.3, 0.4) is 0 Å². The molecule has 130 valence electrons. The summed E-state index contributed by atoms with van der Waals surface area (Å²) in [7, 11) is 1.81. The van der Waals surface area contributed by atoms with Gasteiger partial charge >= 0.3 is 0 Å².